The van der Waals surface area contributed by atoms with Crippen molar-refractivity contribution in [1.82, 2.24) is 5.32 Å². The summed E-state index contributed by atoms with van der Waals surface area (Å²) in [7, 11) is 0. The second-order valence-electron chi connectivity index (χ2n) is 3.65. The molecule has 1 aromatic rings. The highest BCUT2D eigenvalue weighted by Gasteiger charge is 2.21. The number of rotatable bonds is 5. The fourth-order valence-electron chi connectivity index (χ4n) is 1.40. The van der Waals surface area contributed by atoms with Crippen molar-refractivity contribution in [2.24, 2.45) is 5.92 Å². The third kappa shape index (κ3) is 2.14. The molecule has 0 aromatic carbocycles. The van der Waals surface area contributed by atoms with Gasteiger partial charge in [0.15, 0.2) is 0 Å². The highest BCUT2D eigenvalue weighted by molar-refractivity contribution is 5.86. The van der Waals surface area contributed by atoms with Gasteiger partial charge < -0.3 is 14.8 Å². The molecule has 0 amide bonds. The molecule has 0 bridgehead atoms. The molecule has 0 aliphatic heterocycles. The fourth-order valence-corrected chi connectivity index (χ4v) is 1.40. The quantitative estimate of drug-likeness (QED) is 0.747. The van der Waals surface area contributed by atoms with Crippen LogP contribution in [-0.4, -0.2) is 17.6 Å². The van der Waals surface area contributed by atoms with Gasteiger partial charge in [-0.1, -0.05) is 0 Å². The van der Waals surface area contributed by atoms with Crippen molar-refractivity contribution in [3.8, 4) is 0 Å². The largest absolute Gasteiger partial charge is 0.475 e. The second-order valence-corrected chi connectivity index (χ2v) is 3.65. The van der Waals surface area contributed by atoms with Crippen molar-refractivity contribution in [3.05, 3.63) is 23.7 Å². The number of nitrogens with one attached hydrogen (secondary N) is 1. The Morgan fingerprint density at radius 1 is 1.64 bits per heavy atom. The van der Waals surface area contributed by atoms with E-state index in [9.17, 15) is 4.79 Å². The minimum absolute atomic E-state index is 0.0493. The highest BCUT2D eigenvalue weighted by Crippen LogP contribution is 2.27. The number of aromatic carboxylic acids is 1. The van der Waals surface area contributed by atoms with Crippen LogP contribution < -0.4 is 5.32 Å². The van der Waals surface area contributed by atoms with Crippen LogP contribution in [0.15, 0.2) is 16.7 Å². The predicted octanol–water partition coefficient (Wildman–Crippen LogP) is 1.48. The molecule has 1 fully saturated rings. The van der Waals surface area contributed by atoms with E-state index >= 15 is 0 Å². The number of carboxylic acid groups (broad SMARTS) is 1. The van der Waals surface area contributed by atoms with Gasteiger partial charge in [0.2, 0.25) is 5.76 Å². The average molecular weight is 195 g/mol. The summed E-state index contributed by atoms with van der Waals surface area (Å²) in [5.74, 6) is -0.151. The Bertz CT molecular complexity index is 328. The first-order chi connectivity index (χ1) is 6.77. The number of carbonyl (C=O) groups is 1. The van der Waals surface area contributed by atoms with Crippen LogP contribution in [-0.2, 0) is 6.54 Å². The molecule has 0 unspecified atom stereocenters. The molecule has 1 aliphatic rings. The molecule has 76 valence electrons. The van der Waals surface area contributed by atoms with Crippen molar-refractivity contribution in [2.45, 2.75) is 19.4 Å². The smallest absolute Gasteiger partial charge is 0.372 e. The molecule has 14 heavy (non-hydrogen) atoms. The molecule has 0 spiro atoms. The Hall–Kier alpha value is -1.29. The van der Waals surface area contributed by atoms with Gasteiger partial charge in [-0.3, -0.25) is 0 Å². The lowest BCUT2D eigenvalue weighted by Gasteiger charge is -2.01. The van der Waals surface area contributed by atoms with Crippen molar-refractivity contribution in [2.75, 3.05) is 6.54 Å². The molecule has 1 saturated carbocycles. The first-order valence-corrected chi connectivity index (χ1v) is 4.77. The summed E-state index contributed by atoms with van der Waals surface area (Å²) < 4.78 is 4.86. The molecule has 4 heteroatoms. The van der Waals surface area contributed by atoms with Gasteiger partial charge >= 0.3 is 5.97 Å². The van der Waals surface area contributed by atoms with Crippen LogP contribution in [0, 0.1) is 5.92 Å². The lowest BCUT2D eigenvalue weighted by molar-refractivity contribution is 0.0660. The van der Waals surface area contributed by atoms with Gasteiger partial charge in [0.05, 0.1) is 6.26 Å². The number of furan rings is 1. The van der Waals surface area contributed by atoms with Crippen LogP contribution in [0.5, 0.6) is 0 Å². The van der Waals surface area contributed by atoms with Gasteiger partial charge in [0, 0.05) is 12.1 Å². The zero-order chi connectivity index (χ0) is 9.97. The summed E-state index contributed by atoms with van der Waals surface area (Å²) in [6.07, 6.45) is 4.01. The van der Waals surface area contributed by atoms with Crippen LogP contribution in [0.3, 0.4) is 0 Å². The van der Waals surface area contributed by atoms with Gasteiger partial charge in [-0.25, -0.2) is 4.79 Å². The summed E-state index contributed by atoms with van der Waals surface area (Å²) >= 11 is 0. The zero-order valence-electron chi connectivity index (χ0n) is 7.82. The lowest BCUT2D eigenvalue weighted by Crippen LogP contribution is -2.17. The van der Waals surface area contributed by atoms with Crippen LogP contribution in [0.4, 0.5) is 0 Å². The Morgan fingerprint density at radius 3 is 3.07 bits per heavy atom. The fraction of sp³-hybridized carbons (Fsp3) is 0.500. The van der Waals surface area contributed by atoms with E-state index in [1.807, 2.05) is 0 Å². The van der Waals surface area contributed by atoms with E-state index in [4.69, 9.17) is 9.52 Å². The second kappa shape index (κ2) is 3.84. The van der Waals surface area contributed by atoms with Crippen LogP contribution in [0.25, 0.3) is 0 Å². The van der Waals surface area contributed by atoms with E-state index in [1.54, 1.807) is 6.07 Å². The SMILES string of the molecule is O=C(O)c1occc1CNCC1CC1. The number of carboxylic acids is 1. The monoisotopic (exact) mass is 195 g/mol. The lowest BCUT2D eigenvalue weighted by atomic mass is 10.2. The minimum atomic E-state index is -1.00. The Kier molecular flexibility index (Phi) is 2.54. The molecule has 1 aliphatic carbocycles. The molecule has 1 heterocycles. The van der Waals surface area contributed by atoms with E-state index in [2.05, 4.69) is 5.32 Å². The molecule has 2 rings (SSSR count). The molecular weight excluding hydrogens is 182 g/mol. The van der Waals surface area contributed by atoms with Gasteiger partial charge in [-0.05, 0) is 31.4 Å². The maximum absolute atomic E-state index is 10.7. The standard InChI is InChI=1S/C10H13NO3/c12-10(13)9-8(3-4-14-9)6-11-5-7-1-2-7/h3-4,7,11H,1-2,5-6H2,(H,12,13). The van der Waals surface area contributed by atoms with Gasteiger partial charge in [-0.15, -0.1) is 0 Å². The Labute approximate surface area is 81.9 Å². The summed E-state index contributed by atoms with van der Waals surface area (Å²) in [5.41, 5.74) is 0.721. The van der Waals surface area contributed by atoms with E-state index < -0.39 is 5.97 Å². The predicted molar refractivity (Wildman–Crippen MR) is 50.1 cm³/mol. The maximum atomic E-state index is 10.7. The number of hydrogen-bond acceptors (Lipinski definition) is 3. The van der Waals surface area contributed by atoms with Crippen molar-refractivity contribution in [1.29, 1.82) is 0 Å². The third-order valence-electron chi connectivity index (χ3n) is 2.39. The van der Waals surface area contributed by atoms with Crippen molar-refractivity contribution < 1.29 is 14.3 Å². The van der Waals surface area contributed by atoms with E-state index in [0.717, 1.165) is 18.0 Å². The van der Waals surface area contributed by atoms with Gasteiger partial charge in [0.1, 0.15) is 0 Å². The first-order valence-electron chi connectivity index (χ1n) is 4.77. The molecular formula is C10H13NO3. The highest BCUT2D eigenvalue weighted by atomic mass is 16.4. The third-order valence-corrected chi connectivity index (χ3v) is 2.39. The van der Waals surface area contributed by atoms with Gasteiger partial charge in [-0.2, -0.15) is 0 Å². The number of hydrogen-bond donors (Lipinski definition) is 2. The molecule has 2 N–H and O–H groups in total. The average Bonchev–Trinajstić information content (AvgIpc) is 2.82. The van der Waals surface area contributed by atoms with Crippen LogP contribution in [0.1, 0.15) is 29.0 Å². The van der Waals surface area contributed by atoms with Crippen molar-refractivity contribution >= 4 is 5.97 Å². The van der Waals surface area contributed by atoms with E-state index in [-0.39, 0.29) is 5.76 Å². The summed E-state index contributed by atoms with van der Waals surface area (Å²) in [5, 5.41) is 12.0. The maximum Gasteiger partial charge on any atom is 0.372 e. The molecule has 1 aromatic heterocycles. The molecule has 0 atom stereocenters. The van der Waals surface area contributed by atoms with Crippen LogP contribution >= 0.6 is 0 Å². The van der Waals surface area contributed by atoms with Gasteiger partial charge in [0.25, 0.3) is 0 Å². The zero-order valence-corrected chi connectivity index (χ0v) is 7.82. The van der Waals surface area contributed by atoms with E-state index in [0.29, 0.717) is 6.54 Å². The minimum Gasteiger partial charge on any atom is -0.475 e. The Morgan fingerprint density at radius 2 is 2.43 bits per heavy atom. The molecule has 4 nitrogen and oxygen atoms in total. The summed E-state index contributed by atoms with van der Waals surface area (Å²) in [4.78, 5) is 10.7. The van der Waals surface area contributed by atoms with Crippen LogP contribution in [0.2, 0.25) is 0 Å². The topological polar surface area (TPSA) is 62.5 Å². The normalized spacial score (nSPS) is 15.7. The molecule has 0 saturated heterocycles. The van der Waals surface area contributed by atoms with E-state index in [1.165, 1.54) is 19.1 Å². The Balaban J connectivity index is 1.87. The first kappa shape index (κ1) is 9.27. The molecule has 0 radical (unpaired) electrons. The summed E-state index contributed by atoms with van der Waals surface area (Å²) in [6.45, 7) is 1.55. The summed E-state index contributed by atoms with van der Waals surface area (Å²) in [6, 6.07) is 1.70. The van der Waals surface area contributed by atoms with Crippen molar-refractivity contribution in [3.63, 3.8) is 0 Å².